The van der Waals surface area contributed by atoms with Crippen LogP contribution < -0.4 is 0 Å². The third kappa shape index (κ3) is 2.84. The molecule has 0 atom stereocenters. The van der Waals surface area contributed by atoms with Gasteiger partial charge >= 0.3 is 0 Å². The van der Waals surface area contributed by atoms with Crippen molar-refractivity contribution in [3.8, 4) is 0 Å². The maximum atomic E-state index is 12.7. The zero-order chi connectivity index (χ0) is 13.1. The van der Waals surface area contributed by atoms with Crippen molar-refractivity contribution in [2.75, 3.05) is 0 Å². The van der Waals surface area contributed by atoms with Crippen molar-refractivity contribution < 1.29 is 9.18 Å². The van der Waals surface area contributed by atoms with Gasteiger partial charge in [0.1, 0.15) is 5.82 Å². The molecule has 0 aliphatic rings. The molecular weight excluding hydrogens is 255 g/mol. The van der Waals surface area contributed by atoms with Crippen molar-refractivity contribution >= 4 is 23.5 Å². The molecule has 92 valence electrons. The normalized spacial score (nSPS) is 11.1. The van der Waals surface area contributed by atoms with E-state index in [0.717, 1.165) is 5.56 Å². The van der Waals surface area contributed by atoms with Crippen molar-refractivity contribution in [3.63, 3.8) is 0 Å². The summed E-state index contributed by atoms with van der Waals surface area (Å²) >= 11 is 5.85. The molecule has 1 heterocycles. The monoisotopic (exact) mass is 264 g/mol. The number of hydrogen-bond donors (Lipinski definition) is 0. The molecule has 0 bridgehead atoms. The molecule has 0 unspecified atom stereocenters. The SMILES string of the molecule is Cn1cc(Cl)c(C(=O)/C=C/c2ccc(F)cc2)n1. The molecule has 0 saturated heterocycles. The van der Waals surface area contributed by atoms with Crippen LogP contribution in [0, 0.1) is 5.82 Å². The lowest BCUT2D eigenvalue weighted by Gasteiger charge is -1.93. The Morgan fingerprint density at radius 3 is 2.61 bits per heavy atom. The smallest absolute Gasteiger partial charge is 0.207 e. The lowest BCUT2D eigenvalue weighted by atomic mass is 10.2. The Balaban J connectivity index is 2.16. The minimum absolute atomic E-state index is 0.206. The second kappa shape index (κ2) is 5.14. The first-order chi connectivity index (χ1) is 8.56. The van der Waals surface area contributed by atoms with Gasteiger partial charge in [-0.1, -0.05) is 29.8 Å². The molecule has 2 rings (SSSR count). The summed E-state index contributed by atoms with van der Waals surface area (Å²) in [6.45, 7) is 0. The number of aryl methyl sites for hydroxylation is 1. The summed E-state index contributed by atoms with van der Waals surface area (Å²) in [6.07, 6.45) is 4.51. The van der Waals surface area contributed by atoms with E-state index in [1.54, 1.807) is 31.5 Å². The molecule has 1 aromatic carbocycles. The molecule has 0 saturated carbocycles. The van der Waals surface area contributed by atoms with Crippen LogP contribution in [0.3, 0.4) is 0 Å². The summed E-state index contributed by atoms with van der Waals surface area (Å²) in [5, 5.41) is 4.27. The topological polar surface area (TPSA) is 34.9 Å². The third-order valence-electron chi connectivity index (χ3n) is 2.31. The van der Waals surface area contributed by atoms with E-state index < -0.39 is 0 Å². The highest BCUT2D eigenvalue weighted by Crippen LogP contribution is 2.14. The van der Waals surface area contributed by atoms with E-state index >= 15 is 0 Å². The second-order valence-corrected chi connectivity index (χ2v) is 4.16. The Hall–Kier alpha value is -1.94. The molecule has 0 radical (unpaired) electrons. The maximum Gasteiger partial charge on any atom is 0.207 e. The predicted octanol–water partition coefficient (Wildman–Crippen LogP) is 3.11. The number of rotatable bonds is 3. The van der Waals surface area contributed by atoms with Crippen LogP contribution in [-0.4, -0.2) is 15.6 Å². The Morgan fingerprint density at radius 1 is 1.39 bits per heavy atom. The van der Waals surface area contributed by atoms with E-state index in [9.17, 15) is 9.18 Å². The van der Waals surface area contributed by atoms with Crippen LogP contribution in [0.4, 0.5) is 4.39 Å². The van der Waals surface area contributed by atoms with Gasteiger partial charge in [-0.2, -0.15) is 5.10 Å². The fourth-order valence-electron chi connectivity index (χ4n) is 1.45. The fourth-order valence-corrected chi connectivity index (χ4v) is 1.72. The summed E-state index contributed by atoms with van der Waals surface area (Å²) < 4.78 is 14.2. The predicted molar refractivity (Wildman–Crippen MR) is 68.0 cm³/mol. The van der Waals surface area contributed by atoms with Gasteiger partial charge in [0, 0.05) is 13.2 Å². The van der Waals surface area contributed by atoms with Gasteiger partial charge in [0.2, 0.25) is 5.78 Å². The molecule has 2 aromatic rings. The standard InChI is InChI=1S/C13H10ClFN2O/c1-17-8-11(14)13(16-17)12(18)7-4-9-2-5-10(15)6-3-9/h2-8H,1H3/b7-4+. The first kappa shape index (κ1) is 12.5. The average Bonchev–Trinajstić information content (AvgIpc) is 2.67. The lowest BCUT2D eigenvalue weighted by Crippen LogP contribution is -1.98. The van der Waals surface area contributed by atoms with Crippen LogP contribution in [0.5, 0.6) is 0 Å². The largest absolute Gasteiger partial charge is 0.287 e. The summed E-state index contributed by atoms with van der Waals surface area (Å²) in [7, 11) is 1.69. The van der Waals surface area contributed by atoms with Crippen LogP contribution >= 0.6 is 11.6 Å². The molecular formula is C13H10ClFN2O. The van der Waals surface area contributed by atoms with Gasteiger partial charge in [-0.3, -0.25) is 9.48 Å². The number of aromatic nitrogens is 2. The van der Waals surface area contributed by atoms with E-state index in [1.807, 2.05) is 0 Å². The van der Waals surface area contributed by atoms with Gasteiger partial charge in [0.25, 0.3) is 0 Å². The minimum atomic E-state index is -0.314. The molecule has 5 heteroatoms. The summed E-state index contributed by atoms with van der Waals surface area (Å²) in [4.78, 5) is 11.8. The highest BCUT2D eigenvalue weighted by atomic mass is 35.5. The van der Waals surface area contributed by atoms with E-state index in [4.69, 9.17) is 11.6 Å². The van der Waals surface area contributed by atoms with Gasteiger partial charge in [0.15, 0.2) is 5.69 Å². The van der Waals surface area contributed by atoms with Crippen LogP contribution in [-0.2, 0) is 7.05 Å². The van der Waals surface area contributed by atoms with Crippen LogP contribution in [0.2, 0.25) is 5.02 Å². The Labute approximate surface area is 108 Å². The van der Waals surface area contributed by atoms with Crippen molar-refractivity contribution in [2.24, 2.45) is 7.05 Å². The number of ketones is 1. The second-order valence-electron chi connectivity index (χ2n) is 3.75. The number of nitrogens with zero attached hydrogens (tertiary/aromatic N) is 2. The quantitative estimate of drug-likeness (QED) is 0.631. The van der Waals surface area contributed by atoms with Gasteiger partial charge in [-0.25, -0.2) is 4.39 Å². The first-order valence-corrected chi connectivity index (χ1v) is 5.61. The van der Waals surface area contributed by atoms with E-state index in [2.05, 4.69) is 5.10 Å². The number of hydrogen-bond acceptors (Lipinski definition) is 2. The molecule has 0 aliphatic heterocycles. The molecule has 0 N–H and O–H groups in total. The zero-order valence-electron chi connectivity index (χ0n) is 9.60. The van der Waals surface area contributed by atoms with Gasteiger partial charge in [-0.15, -0.1) is 0 Å². The van der Waals surface area contributed by atoms with E-state index in [1.165, 1.54) is 22.9 Å². The highest BCUT2D eigenvalue weighted by Gasteiger charge is 2.11. The zero-order valence-corrected chi connectivity index (χ0v) is 10.4. The van der Waals surface area contributed by atoms with Crippen LogP contribution in [0.25, 0.3) is 6.08 Å². The summed E-state index contributed by atoms with van der Waals surface area (Å²) in [6, 6.07) is 5.83. The number of allylic oxidation sites excluding steroid dienone is 1. The Bertz CT molecular complexity index is 602. The van der Waals surface area contributed by atoms with E-state index in [0.29, 0.717) is 5.02 Å². The number of carbonyl (C=O) groups is 1. The molecule has 18 heavy (non-hydrogen) atoms. The lowest BCUT2D eigenvalue weighted by molar-refractivity contribution is 0.104. The van der Waals surface area contributed by atoms with Crippen molar-refractivity contribution in [2.45, 2.75) is 0 Å². The summed E-state index contributed by atoms with van der Waals surface area (Å²) in [5.41, 5.74) is 0.939. The molecule has 0 aliphatic carbocycles. The van der Waals surface area contributed by atoms with Crippen LogP contribution in [0.15, 0.2) is 36.5 Å². The third-order valence-corrected chi connectivity index (χ3v) is 2.59. The van der Waals surface area contributed by atoms with Gasteiger partial charge < -0.3 is 0 Å². The van der Waals surface area contributed by atoms with Crippen LogP contribution in [0.1, 0.15) is 16.1 Å². The maximum absolute atomic E-state index is 12.7. The van der Waals surface area contributed by atoms with E-state index in [-0.39, 0.29) is 17.3 Å². The van der Waals surface area contributed by atoms with Crippen molar-refractivity contribution in [1.82, 2.24) is 9.78 Å². The summed E-state index contributed by atoms with van der Waals surface area (Å²) in [5.74, 6) is -0.601. The molecule has 0 spiro atoms. The average molecular weight is 265 g/mol. The molecule has 0 fully saturated rings. The first-order valence-electron chi connectivity index (χ1n) is 5.23. The Kier molecular flexibility index (Phi) is 3.58. The highest BCUT2D eigenvalue weighted by molar-refractivity contribution is 6.34. The molecule has 3 nitrogen and oxygen atoms in total. The van der Waals surface area contributed by atoms with Gasteiger partial charge in [-0.05, 0) is 23.8 Å². The number of carbonyl (C=O) groups excluding carboxylic acids is 1. The van der Waals surface area contributed by atoms with Crippen molar-refractivity contribution in [3.05, 3.63) is 58.6 Å². The Morgan fingerprint density at radius 2 is 2.06 bits per heavy atom. The van der Waals surface area contributed by atoms with Gasteiger partial charge in [0.05, 0.1) is 5.02 Å². The fraction of sp³-hybridized carbons (Fsp3) is 0.0769. The van der Waals surface area contributed by atoms with Crippen molar-refractivity contribution in [1.29, 1.82) is 0 Å². The minimum Gasteiger partial charge on any atom is -0.287 e. The number of halogens is 2. The molecule has 1 aromatic heterocycles. The number of benzene rings is 1. The molecule has 0 amide bonds.